The minimum Gasteiger partial charge on any atom is -0.326 e. The molecule has 0 aliphatic rings. The van der Waals surface area contributed by atoms with Gasteiger partial charge in [-0.1, -0.05) is 31.2 Å². The molecule has 0 aliphatic heterocycles. The van der Waals surface area contributed by atoms with Crippen LogP contribution in [0, 0.1) is 0 Å². The van der Waals surface area contributed by atoms with Gasteiger partial charge in [0.1, 0.15) is 0 Å². The second kappa shape index (κ2) is 5.92. The first-order valence-corrected chi connectivity index (χ1v) is 7.64. The summed E-state index contributed by atoms with van der Waals surface area (Å²) in [6, 6.07) is 14.8. The molecule has 1 aromatic carbocycles. The van der Waals surface area contributed by atoms with Crippen LogP contribution in [0.15, 0.2) is 60.2 Å². The molecule has 1 atom stereocenters. The third kappa shape index (κ3) is 2.60. The molecule has 2 heterocycles. The van der Waals surface area contributed by atoms with Crippen LogP contribution in [0.3, 0.4) is 0 Å². The fraction of sp³-hybridized carbons (Fsp3) is 0.188. The quantitative estimate of drug-likeness (QED) is 0.736. The Morgan fingerprint density at radius 1 is 1.20 bits per heavy atom. The van der Waals surface area contributed by atoms with Crippen molar-refractivity contribution in [3.8, 4) is 0 Å². The lowest BCUT2D eigenvalue weighted by Gasteiger charge is -2.18. The normalized spacial score (nSPS) is 12.2. The lowest BCUT2D eigenvalue weighted by Crippen LogP contribution is -2.10. The Morgan fingerprint density at radius 3 is 2.75 bits per heavy atom. The van der Waals surface area contributed by atoms with E-state index in [2.05, 4.69) is 39.3 Å². The summed E-state index contributed by atoms with van der Waals surface area (Å²) in [6.45, 7) is 2.21. The molecule has 2 aromatic heterocycles. The molecule has 20 heavy (non-hydrogen) atoms. The van der Waals surface area contributed by atoms with Crippen LogP contribution in [0.4, 0.5) is 11.6 Å². The fourth-order valence-electron chi connectivity index (χ4n) is 2.33. The van der Waals surface area contributed by atoms with E-state index < -0.39 is 0 Å². The van der Waals surface area contributed by atoms with E-state index in [0.717, 1.165) is 18.1 Å². The molecule has 3 rings (SSSR count). The van der Waals surface area contributed by atoms with Crippen molar-refractivity contribution in [3.63, 3.8) is 0 Å². The minimum absolute atomic E-state index is 0.337. The topological polar surface area (TPSA) is 29.9 Å². The predicted molar refractivity (Wildman–Crippen MR) is 84.7 cm³/mol. The molecule has 0 aliphatic carbocycles. The standard InChI is InChI=1S/C16H17N3S/c1-2-14(15-9-6-12-20-15)19-11-10-17-16(19)18-13-7-4-3-5-8-13/h3-12,14H,2H2,1H3,(H,17,18). The third-order valence-corrected chi connectivity index (χ3v) is 4.27. The number of nitrogens with zero attached hydrogens (tertiary/aromatic N) is 2. The molecule has 1 N–H and O–H groups in total. The van der Waals surface area contributed by atoms with Crippen LogP contribution in [0.2, 0.25) is 0 Å². The second-order valence-electron chi connectivity index (χ2n) is 4.59. The Balaban J connectivity index is 1.89. The molecule has 0 fully saturated rings. The van der Waals surface area contributed by atoms with Crippen LogP contribution in [-0.2, 0) is 0 Å². The van der Waals surface area contributed by atoms with Crippen molar-refractivity contribution in [1.29, 1.82) is 0 Å². The smallest absolute Gasteiger partial charge is 0.207 e. The molecular weight excluding hydrogens is 266 g/mol. The van der Waals surface area contributed by atoms with Gasteiger partial charge >= 0.3 is 0 Å². The molecule has 0 saturated carbocycles. The maximum Gasteiger partial charge on any atom is 0.207 e. The molecular formula is C16H17N3S. The van der Waals surface area contributed by atoms with E-state index in [0.29, 0.717) is 6.04 Å². The van der Waals surface area contributed by atoms with Crippen molar-refractivity contribution >= 4 is 23.0 Å². The van der Waals surface area contributed by atoms with Gasteiger partial charge in [-0.3, -0.25) is 0 Å². The first kappa shape index (κ1) is 12.9. The zero-order valence-electron chi connectivity index (χ0n) is 11.4. The molecule has 0 bridgehead atoms. The average Bonchev–Trinajstić information content (AvgIpc) is 3.14. The largest absolute Gasteiger partial charge is 0.326 e. The van der Waals surface area contributed by atoms with Crippen LogP contribution in [0.25, 0.3) is 0 Å². The van der Waals surface area contributed by atoms with Gasteiger partial charge in [0.25, 0.3) is 0 Å². The van der Waals surface area contributed by atoms with Crippen molar-refractivity contribution in [3.05, 3.63) is 65.1 Å². The Morgan fingerprint density at radius 2 is 2.05 bits per heavy atom. The second-order valence-corrected chi connectivity index (χ2v) is 5.57. The number of benzene rings is 1. The van der Waals surface area contributed by atoms with Crippen molar-refractivity contribution < 1.29 is 0 Å². The van der Waals surface area contributed by atoms with Crippen molar-refractivity contribution in [2.45, 2.75) is 19.4 Å². The number of aromatic nitrogens is 2. The zero-order valence-corrected chi connectivity index (χ0v) is 12.2. The van der Waals surface area contributed by atoms with E-state index in [9.17, 15) is 0 Å². The Bertz CT molecular complexity index is 643. The molecule has 102 valence electrons. The Hall–Kier alpha value is -2.07. The van der Waals surface area contributed by atoms with Crippen LogP contribution in [0.1, 0.15) is 24.3 Å². The van der Waals surface area contributed by atoms with Gasteiger partial charge in [-0.25, -0.2) is 4.98 Å². The van der Waals surface area contributed by atoms with Crippen LogP contribution in [-0.4, -0.2) is 9.55 Å². The summed E-state index contributed by atoms with van der Waals surface area (Å²) in [5, 5.41) is 5.51. The van der Waals surface area contributed by atoms with Gasteiger partial charge in [0, 0.05) is 23.0 Å². The van der Waals surface area contributed by atoms with Crippen LogP contribution in [0.5, 0.6) is 0 Å². The number of imidazole rings is 1. The molecule has 0 spiro atoms. The van der Waals surface area contributed by atoms with Crippen molar-refractivity contribution in [1.82, 2.24) is 9.55 Å². The molecule has 0 radical (unpaired) electrons. The molecule has 0 saturated heterocycles. The van der Waals surface area contributed by atoms with Gasteiger partial charge < -0.3 is 9.88 Å². The van der Waals surface area contributed by atoms with Gasteiger partial charge in [0.05, 0.1) is 6.04 Å². The molecule has 3 aromatic rings. The number of hydrogen-bond donors (Lipinski definition) is 1. The van der Waals surface area contributed by atoms with E-state index in [1.54, 1.807) is 11.3 Å². The summed E-state index contributed by atoms with van der Waals surface area (Å²) in [5.41, 5.74) is 1.06. The van der Waals surface area contributed by atoms with Gasteiger partial charge in [0.2, 0.25) is 5.95 Å². The molecule has 3 nitrogen and oxygen atoms in total. The van der Waals surface area contributed by atoms with Crippen LogP contribution >= 0.6 is 11.3 Å². The highest BCUT2D eigenvalue weighted by Gasteiger charge is 2.15. The minimum atomic E-state index is 0.337. The van der Waals surface area contributed by atoms with Gasteiger partial charge in [-0.05, 0) is 30.0 Å². The molecule has 1 unspecified atom stereocenters. The summed E-state index contributed by atoms with van der Waals surface area (Å²) in [5.74, 6) is 0.886. The highest BCUT2D eigenvalue weighted by molar-refractivity contribution is 7.10. The maximum atomic E-state index is 4.45. The first-order valence-electron chi connectivity index (χ1n) is 6.77. The number of nitrogens with one attached hydrogen (secondary N) is 1. The molecule has 0 amide bonds. The van der Waals surface area contributed by atoms with E-state index in [1.165, 1.54) is 4.88 Å². The first-order chi connectivity index (χ1) is 9.88. The van der Waals surface area contributed by atoms with E-state index >= 15 is 0 Å². The van der Waals surface area contributed by atoms with E-state index in [-0.39, 0.29) is 0 Å². The summed E-state index contributed by atoms with van der Waals surface area (Å²) in [7, 11) is 0. The zero-order chi connectivity index (χ0) is 13.8. The maximum absolute atomic E-state index is 4.45. The number of para-hydroxylation sites is 1. The summed E-state index contributed by atoms with van der Waals surface area (Å²) < 4.78 is 2.21. The Kier molecular flexibility index (Phi) is 3.83. The van der Waals surface area contributed by atoms with Crippen molar-refractivity contribution in [2.24, 2.45) is 0 Å². The van der Waals surface area contributed by atoms with E-state index in [1.807, 2.05) is 42.7 Å². The highest BCUT2D eigenvalue weighted by atomic mass is 32.1. The molecule has 4 heteroatoms. The fourth-order valence-corrected chi connectivity index (χ4v) is 3.24. The van der Waals surface area contributed by atoms with Crippen LogP contribution < -0.4 is 5.32 Å². The van der Waals surface area contributed by atoms with E-state index in [4.69, 9.17) is 0 Å². The number of rotatable bonds is 5. The number of hydrogen-bond acceptors (Lipinski definition) is 3. The highest BCUT2D eigenvalue weighted by Crippen LogP contribution is 2.29. The predicted octanol–water partition coefficient (Wildman–Crippen LogP) is 4.69. The lowest BCUT2D eigenvalue weighted by atomic mass is 10.2. The number of thiophene rings is 1. The van der Waals surface area contributed by atoms with Crippen molar-refractivity contribution in [2.75, 3.05) is 5.32 Å². The van der Waals surface area contributed by atoms with Gasteiger partial charge in [0.15, 0.2) is 0 Å². The number of anilines is 2. The average molecular weight is 283 g/mol. The Labute approximate surface area is 122 Å². The summed E-state index contributed by atoms with van der Waals surface area (Å²) in [6.07, 6.45) is 4.93. The van der Waals surface area contributed by atoms with Gasteiger partial charge in [-0.2, -0.15) is 0 Å². The SMILES string of the molecule is CCC(c1cccs1)n1ccnc1Nc1ccccc1. The third-order valence-electron chi connectivity index (χ3n) is 3.29. The summed E-state index contributed by atoms with van der Waals surface area (Å²) >= 11 is 1.79. The lowest BCUT2D eigenvalue weighted by molar-refractivity contribution is 0.582. The van der Waals surface area contributed by atoms with Gasteiger partial charge in [-0.15, -0.1) is 11.3 Å². The monoisotopic (exact) mass is 283 g/mol. The summed E-state index contributed by atoms with van der Waals surface area (Å²) in [4.78, 5) is 5.81.